The number of aryl methyl sites for hydroxylation is 1. The number of nitrogens with zero attached hydrogens (tertiary/aromatic N) is 2. The highest BCUT2D eigenvalue weighted by molar-refractivity contribution is 9.10. The molecule has 4 heteroatoms. The Bertz CT molecular complexity index is 464. The summed E-state index contributed by atoms with van der Waals surface area (Å²) in [5.41, 5.74) is 0. The molecular formula is C12H13BrN2O. The smallest absolute Gasteiger partial charge is 0.128 e. The first-order valence-electron chi connectivity index (χ1n) is 5.03. The number of halogens is 1. The van der Waals surface area contributed by atoms with Crippen molar-refractivity contribution in [1.29, 1.82) is 0 Å². The van der Waals surface area contributed by atoms with Crippen LogP contribution in [0.3, 0.4) is 0 Å². The van der Waals surface area contributed by atoms with Crippen LogP contribution in [-0.2, 0) is 6.54 Å². The van der Waals surface area contributed by atoms with Gasteiger partial charge in [0.15, 0.2) is 0 Å². The zero-order chi connectivity index (χ0) is 11.5. The summed E-state index contributed by atoms with van der Waals surface area (Å²) in [7, 11) is 1.99. The van der Waals surface area contributed by atoms with E-state index in [4.69, 9.17) is 4.42 Å². The van der Waals surface area contributed by atoms with Gasteiger partial charge in [0.2, 0.25) is 0 Å². The number of anilines is 1. The molecule has 0 saturated carbocycles. The molecule has 2 heterocycles. The summed E-state index contributed by atoms with van der Waals surface area (Å²) < 4.78 is 6.51. The van der Waals surface area contributed by atoms with E-state index in [0.29, 0.717) is 0 Å². The van der Waals surface area contributed by atoms with Crippen LogP contribution in [0.15, 0.2) is 39.4 Å². The van der Waals surface area contributed by atoms with Crippen LogP contribution in [0.1, 0.15) is 11.5 Å². The van der Waals surface area contributed by atoms with Crippen LogP contribution in [-0.4, -0.2) is 12.0 Å². The van der Waals surface area contributed by atoms with Crippen LogP contribution in [0.25, 0.3) is 0 Å². The SMILES string of the molecule is Cc1ccc(CN(C)c2ccc(Br)cn2)o1. The van der Waals surface area contributed by atoms with Gasteiger partial charge in [-0.05, 0) is 47.1 Å². The third-order valence-corrected chi connectivity index (χ3v) is 2.76. The van der Waals surface area contributed by atoms with Crippen molar-refractivity contribution in [3.63, 3.8) is 0 Å². The fourth-order valence-electron chi connectivity index (χ4n) is 1.48. The Labute approximate surface area is 103 Å². The average molecular weight is 281 g/mol. The van der Waals surface area contributed by atoms with Gasteiger partial charge in [0.25, 0.3) is 0 Å². The summed E-state index contributed by atoms with van der Waals surface area (Å²) in [6, 6.07) is 7.91. The van der Waals surface area contributed by atoms with E-state index in [1.54, 1.807) is 6.20 Å². The van der Waals surface area contributed by atoms with Gasteiger partial charge in [-0.1, -0.05) is 0 Å². The fourth-order valence-corrected chi connectivity index (χ4v) is 1.71. The highest BCUT2D eigenvalue weighted by Gasteiger charge is 2.05. The molecular weight excluding hydrogens is 268 g/mol. The van der Waals surface area contributed by atoms with Gasteiger partial charge >= 0.3 is 0 Å². The van der Waals surface area contributed by atoms with Crippen molar-refractivity contribution in [2.75, 3.05) is 11.9 Å². The van der Waals surface area contributed by atoms with Crippen molar-refractivity contribution in [2.45, 2.75) is 13.5 Å². The summed E-state index contributed by atoms with van der Waals surface area (Å²) in [5.74, 6) is 2.81. The van der Waals surface area contributed by atoms with Crippen molar-refractivity contribution in [2.24, 2.45) is 0 Å². The lowest BCUT2D eigenvalue weighted by Crippen LogP contribution is -2.16. The third-order valence-electron chi connectivity index (χ3n) is 2.29. The van der Waals surface area contributed by atoms with Gasteiger partial charge in [0.1, 0.15) is 17.3 Å². The summed E-state index contributed by atoms with van der Waals surface area (Å²) in [6.07, 6.45) is 1.79. The van der Waals surface area contributed by atoms with Gasteiger partial charge in [-0.25, -0.2) is 4.98 Å². The van der Waals surface area contributed by atoms with Gasteiger partial charge in [0.05, 0.1) is 6.54 Å². The highest BCUT2D eigenvalue weighted by Crippen LogP contribution is 2.16. The molecule has 0 aliphatic rings. The molecule has 0 amide bonds. The van der Waals surface area contributed by atoms with E-state index in [-0.39, 0.29) is 0 Å². The number of rotatable bonds is 3. The van der Waals surface area contributed by atoms with Crippen molar-refractivity contribution in [3.8, 4) is 0 Å². The molecule has 16 heavy (non-hydrogen) atoms. The van der Waals surface area contributed by atoms with Gasteiger partial charge in [-0.2, -0.15) is 0 Å². The molecule has 0 N–H and O–H groups in total. The summed E-state index contributed by atoms with van der Waals surface area (Å²) in [6.45, 7) is 2.67. The van der Waals surface area contributed by atoms with Gasteiger partial charge in [0, 0.05) is 17.7 Å². The minimum Gasteiger partial charge on any atom is -0.464 e. The summed E-state index contributed by atoms with van der Waals surface area (Å²) >= 11 is 3.37. The van der Waals surface area contributed by atoms with Crippen LogP contribution < -0.4 is 4.90 Å². The Hall–Kier alpha value is -1.29. The number of hydrogen-bond acceptors (Lipinski definition) is 3. The van der Waals surface area contributed by atoms with E-state index in [1.807, 2.05) is 43.1 Å². The molecule has 2 rings (SSSR count). The molecule has 0 unspecified atom stereocenters. The molecule has 0 saturated heterocycles. The molecule has 0 aliphatic heterocycles. The number of furan rings is 1. The second-order valence-corrected chi connectivity index (χ2v) is 4.62. The fraction of sp³-hybridized carbons (Fsp3) is 0.250. The molecule has 0 bridgehead atoms. The molecule has 84 valence electrons. The maximum absolute atomic E-state index is 5.52. The molecule has 3 nitrogen and oxygen atoms in total. The first kappa shape index (κ1) is 11.2. The zero-order valence-corrected chi connectivity index (χ0v) is 10.9. The molecule has 2 aromatic heterocycles. The predicted molar refractivity (Wildman–Crippen MR) is 67.5 cm³/mol. The second-order valence-electron chi connectivity index (χ2n) is 3.70. The van der Waals surface area contributed by atoms with E-state index in [2.05, 4.69) is 20.9 Å². The molecule has 0 spiro atoms. The number of hydrogen-bond donors (Lipinski definition) is 0. The Kier molecular flexibility index (Phi) is 3.29. The molecule has 0 aliphatic carbocycles. The molecule has 0 radical (unpaired) electrons. The summed E-state index contributed by atoms with van der Waals surface area (Å²) in [5, 5.41) is 0. The first-order chi connectivity index (χ1) is 7.65. The van der Waals surface area contributed by atoms with E-state index in [0.717, 1.165) is 28.4 Å². The highest BCUT2D eigenvalue weighted by atomic mass is 79.9. The van der Waals surface area contributed by atoms with E-state index in [9.17, 15) is 0 Å². The Morgan fingerprint density at radius 2 is 2.12 bits per heavy atom. The number of pyridine rings is 1. The van der Waals surface area contributed by atoms with Crippen LogP contribution in [0, 0.1) is 6.92 Å². The Morgan fingerprint density at radius 1 is 1.31 bits per heavy atom. The molecule has 0 fully saturated rings. The van der Waals surface area contributed by atoms with Gasteiger partial charge < -0.3 is 9.32 Å². The maximum Gasteiger partial charge on any atom is 0.128 e. The minimum absolute atomic E-state index is 0.725. The monoisotopic (exact) mass is 280 g/mol. The molecule has 2 aromatic rings. The number of aromatic nitrogens is 1. The largest absolute Gasteiger partial charge is 0.464 e. The summed E-state index contributed by atoms with van der Waals surface area (Å²) in [4.78, 5) is 6.36. The van der Waals surface area contributed by atoms with Crippen molar-refractivity contribution >= 4 is 21.7 Å². The third kappa shape index (κ3) is 2.64. The zero-order valence-electron chi connectivity index (χ0n) is 9.27. The Balaban J connectivity index is 2.08. The topological polar surface area (TPSA) is 29.3 Å². The second kappa shape index (κ2) is 4.70. The molecule has 0 atom stereocenters. The van der Waals surface area contributed by atoms with Crippen LogP contribution in [0.4, 0.5) is 5.82 Å². The van der Waals surface area contributed by atoms with Crippen molar-refractivity contribution in [3.05, 3.63) is 46.5 Å². The van der Waals surface area contributed by atoms with Gasteiger partial charge in [-0.15, -0.1) is 0 Å². The van der Waals surface area contributed by atoms with Crippen LogP contribution in [0.2, 0.25) is 0 Å². The van der Waals surface area contributed by atoms with E-state index < -0.39 is 0 Å². The maximum atomic E-state index is 5.52. The average Bonchev–Trinajstić information content (AvgIpc) is 2.65. The minimum atomic E-state index is 0.725. The lowest BCUT2D eigenvalue weighted by molar-refractivity contribution is 0.481. The van der Waals surface area contributed by atoms with Crippen molar-refractivity contribution < 1.29 is 4.42 Å². The van der Waals surface area contributed by atoms with Crippen LogP contribution >= 0.6 is 15.9 Å². The van der Waals surface area contributed by atoms with Crippen LogP contribution in [0.5, 0.6) is 0 Å². The molecule has 0 aromatic carbocycles. The quantitative estimate of drug-likeness (QED) is 0.863. The normalized spacial score (nSPS) is 10.4. The van der Waals surface area contributed by atoms with Gasteiger partial charge in [-0.3, -0.25) is 0 Å². The predicted octanol–water partition coefficient (Wildman–Crippen LogP) is 3.38. The lowest BCUT2D eigenvalue weighted by atomic mass is 10.4. The van der Waals surface area contributed by atoms with Crippen molar-refractivity contribution in [1.82, 2.24) is 4.98 Å². The Morgan fingerprint density at radius 3 is 2.69 bits per heavy atom. The lowest BCUT2D eigenvalue weighted by Gasteiger charge is -2.16. The standard InChI is InChI=1S/C12H13BrN2O/c1-9-3-5-11(16-9)8-15(2)12-6-4-10(13)7-14-12/h3-7H,8H2,1-2H3. The first-order valence-corrected chi connectivity index (χ1v) is 5.82. The van der Waals surface area contributed by atoms with E-state index in [1.165, 1.54) is 0 Å². The van der Waals surface area contributed by atoms with E-state index >= 15 is 0 Å².